The molecule has 0 radical (unpaired) electrons. The molecule has 1 saturated heterocycles. The van der Waals surface area contributed by atoms with Crippen LogP contribution in [0.4, 0.5) is 0 Å². The molecule has 2 rings (SSSR count). The lowest BCUT2D eigenvalue weighted by Crippen LogP contribution is -2.37. The molecule has 1 amide bonds. The second kappa shape index (κ2) is 7.21. The van der Waals surface area contributed by atoms with E-state index in [2.05, 4.69) is 12.2 Å². The molecule has 6 nitrogen and oxygen atoms in total. The van der Waals surface area contributed by atoms with Crippen LogP contribution in [0.5, 0.6) is 0 Å². The van der Waals surface area contributed by atoms with Crippen molar-refractivity contribution in [2.75, 3.05) is 26.2 Å². The van der Waals surface area contributed by atoms with Gasteiger partial charge >= 0.3 is 0 Å². The predicted octanol–water partition coefficient (Wildman–Crippen LogP) is 0.796. The number of hydrogen-bond donors (Lipinski definition) is 2. The highest BCUT2D eigenvalue weighted by Crippen LogP contribution is 2.23. The molecule has 0 bridgehead atoms. The molecule has 1 aliphatic heterocycles. The predicted molar refractivity (Wildman–Crippen MR) is 85.0 cm³/mol. The summed E-state index contributed by atoms with van der Waals surface area (Å²) in [4.78, 5) is 12.0. The van der Waals surface area contributed by atoms with Gasteiger partial charge in [0.2, 0.25) is 10.0 Å². The summed E-state index contributed by atoms with van der Waals surface area (Å²) in [7, 11) is -3.46. The molecule has 1 fully saturated rings. The van der Waals surface area contributed by atoms with Crippen molar-refractivity contribution in [3.05, 3.63) is 29.8 Å². The second-order valence-electron chi connectivity index (χ2n) is 5.66. The van der Waals surface area contributed by atoms with Gasteiger partial charge in [-0.15, -0.1) is 0 Å². The van der Waals surface area contributed by atoms with E-state index >= 15 is 0 Å². The molecule has 1 aromatic rings. The zero-order chi connectivity index (χ0) is 16.2. The summed E-state index contributed by atoms with van der Waals surface area (Å²) in [5.74, 6) is 0.321. The lowest BCUT2D eigenvalue weighted by atomic mass is 10.0. The molecule has 3 N–H and O–H groups in total. The van der Waals surface area contributed by atoms with E-state index in [-0.39, 0.29) is 10.8 Å². The summed E-state index contributed by atoms with van der Waals surface area (Å²) in [5, 5.41) is 2.65. The maximum absolute atomic E-state index is 12.6. The van der Waals surface area contributed by atoms with Crippen LogP contribution in [0.2, 0.25) is 0 Å². The highest BCUT2D eigenvalue weighted by Gasteiger charge is 2.28. The lowest BCUT2D eigenvalue weighted by Gasteiger charge is -2.29. The maximum Gasteiger partial charge on any atom is 0.251 e. The van der Waals surface area contributed by atoms with Gasteiger partial charge in [-0.1, -0.05) is 6.92 Å². The number of carbonyl (C=O) groups is 1. The summed E-state index contributed by atoms with van der Waals surface area (Å²) in [6.45, 7) is 4.01. The Balaban J connectivity index is 2.10. The highest BCUT2D eigenvalue weighted by molar-refractivity contribution is 7.89. The monoisotopic (exact) mass is 325 g/mol. The minimum absolute atomic E-state index is 0.234. The first kappa shape index (κ1) is 16.9. The molecule has 22 heavy (non-hydrogen) atoms. The first-order chi connectivity index (χ1) is 10.4. The zero-order valence-corrected chi connectivity index (χ0v) is 13.6. The van der Waals surface area contributed by atoms with Crippen LogP contribution in [0.15, 0.2) is 29.2 Å². The van der Waals surface area contributed by atoms with Crippen molar-refractivity contribution >= 4 is 15.9 Å². The Labute approximate surface area is 131 Å². The number of nitrogens with one attached hydrogen (secondary N) is 1. The number of carbonyl (C=O) groups excluding carboxylic acids is 1. The minimum Gasteiger partial charge on any atom is -0.351 e. The van der Waals surface area contributed by atoms with Crippen molar-refractivity contribution < 1.29 is 13.2 Å². The van der Waals surface area contributed by atoms with E-state index in [1.807, 2.05) is 0 Å². The molecule has 0 aliphatic carbocycles. The van der Waals surface area contributed by atoms with Crippen molar-refractivity contribution in [3.8, 4) is 0 Å². The largest absolute Gasteiger partial charge is 0.351 e. The summed E-state index contributed by atoms with van der Waals surface area (Å²) in [6, 6.07) is 6.05. The normalized spacial score (nSPS) is 17.4. The quantitative estimate of drug-likeness (QED) is 0.837. The zero-order valence-electron chi connectivity index (χ0n) is 12.8. The lowest BCUT2D eigenvalue weighted by molar-refractivity contribution is 0.0954. The third-order valence-corrected chi connectivity index (χ3v) is 5.84. The highest BCUT2D eigenvalue weighted by atomic mass is 32.2. The van der Waals surface area contributed by atoms with E-state index in [9.17, 15) is 13.2 Å². The van der Waals surface area contributed by atoms with Crippen molar-refractivity contribution in [1.29, 1.82) is 0 Å². The summed E-state index contributed by atoms with van der Waals surface area (Å²) < 4.78 is 26.6. The van der Waals surface area contributed by atoms with E-state index in [1.165, 1.54) is 28.6 Å². The van der Waals surface area contributed by atoms with Gasteiger partial charge in [0.25, 0.3) is 5.91 Å². The molecular formula is C15H23N3O3S. The molecule has 7 heteroatoms. The molecule has 1 aromatic carbocycles. The fourth-order valence-corrected chi connectivity index (χ4v) is 3.91. The second-order valence-corrected chi connectivity index (χ2v) is 7.59. The summed E-state index contributed by atoms with van der Waals surface area (Å²) in [6.07, 6.45) is 1.78. The molecule has 0 unspecified atom stereocenters. The molecule has 1 heterocycles. The van der Waals surface area contributed by atoms with Crippen LogP contribution in [0.3, 0.4) is 0 Å². The first-order valence-corrected chi connectivity index (χ1v) is 8.97. The summed E-state index contributed by atoms with van der Waals surface area (Å²) in [5.41, 5.74) is 5.76. The standard InChI is InChI=1S/C15H23N3O3S/c1-12-6-10-18(11-7-12)22(20,21)14-4-2-13(3-5-14)15(19)17-9-8-16/h2-5,12H,6-11,16H2,1H3,(H,17,19). The topological polar surface area (TPSA) is 92.5 Å². The van der Waals surface area contributed by atoms with E-state index in [0.717, 1.165) is 12.8 Å². The number of sulfonamides is 1. The van der Waals surface area contributed by atoms with Crippen molar-refractivity contribution in [2.45, 2.75) is 24.7 Å². The number of hydrogen-bond acceptors (Lipinski definition) is 4. The van der Waals surface area contributed by atoms with Crippen molar-refractivity contribution in [1.82, 2.24) is 9.62 Å². The van der Waals surface area contributed by atoms with Gasteiger partial charge in [-0.05, 0) is 43.0 Å². The number of benzene rings is 1. The van der Waals surface area contributed by atoms with Gasteiger partial charge in [0.05, 0.1) is 4.90 Å². The SMILES string of the molecule is CC1CCN(S(=O)(=O)c2ccc(C(=O)NCCN)cc2)CC1. The van der Waals surface area contributed by atoms with E-state index in [1.54, 1.807) is 0 Å². The van der Waals surface area contributed by atoms with Gasteiger partial charge in [0.1, 0.15) is 0 Å². The van der Waals surface area contributed by atoms with Crippen LogP contribution in [0.1, 0.15) is 30.1 Å². The Hall–Kier alpha value is -1.44. The van der Waals surface area contributed by atoms with E-state index < -0.39 is 10.0 Å². The smallest absolute Gasteiger partial charge is 0.251 e. The maximum atomic E-state index is 12.6. The third-order valence-electron chi connectivity index (χ3n) is 3.93. The van der Waals surface area contributed by atoms with Gasteiger partial charge in [-0.3, -0.25) is 4.79 Å². The third kappa shape index (κ3) is 3.85. The van der Waals surface area contributed by atoms with Crippen molar-refractivity contribution in [2.24, 2.45) is 11.7 Å². The van der Waals surface area contributed by atoms with E-state index in [4.69, 9.17) is 5.73 Å². The molecule has 122 valence electrons. The van der Waals surface area contributed by atoms with Crippen LogP contribution < -0.4 is 11.1 Å². The molecular weight excluding hydrogens is 302 g/mol. The fraction of sp³-hybridized carbons (Fsp3) is 0.533. The number of piperidine rings is 1. The van der Waals surface area contributed by atoms with E-state index in [0.29, 0.717) is 37.7 Å². The van der Waals surface area contributed by atoms with Crippen LogP contribution in [0, 0.1) is 5.92 Å². The van der Waals surface area contributed by atoms with Crippen LogP contribution in [-0.4, -0.2) is 44.8 Å². The molecule has 0 aromatic heterocycles. The van der Waals surface area contributed by atoms with Gasteiger partial charge < -0.3 is 11.1 Å². The molecule has 1 aliphatic rings. The molecule has 0 spiro atoms. The average Bonchev–Trinajstić information content (AvgIpc) is 2.53. The van der Waals surface area contributed by atoms with Crippen molar-refractivity contribution in [3.63, 3.8) is 0 Å². The average molecular weight is 325 g/mol. The first-order valence-electron chi connectivity index (χ1n) is 7.53. The van der Waals surface area contributed by atoms with Gasteiger partial charge in [-0.25, -0.2) is 8.42 Å². The molecule has 0 atom stereocenters. The minimum atomic E-state index is -3.46. The Morgan fingerprint density at radius 3 is 2.41 bits per heavy atom. The number of nitrogens with two attached hydrogens (primary N) is 1. The Kier molecular flexibility index (Phi) is 5.55. The van der Waals surface area contributed by atoms with Gasteiger partial charge in [-0.2, -0.15) is 4.31 Å². The van der Waals surface area contributed by atoms with Crippen LogP contribution in [0.25, 0.3) is 0 Å². The molecule has 0 saturated carbocycles. The Morgan fingerprint density at radius 1 is 1.27 bits per heavy atom. The van der Waals surface area contributed by atoms with Crippen LogP contribution in [-0.2, 0) is 10.0 Å². The van der Waals surface area contributed by atoms with Gasteiger partial charge in [0, 0.05) is 31.7 Å². The number of rotatable bonds is 5. The Morgan fingerprint density at radius 2 is 1.86 bits per heavy atom. The fourth-order valence-electron chi connectivity index (χ4n) is 2.44. The summed E-state index contributed by atoms with van der Waals surface area (Å²) >= 11 is 0. The number of nitrogens with zero attached hydrogens (tertiary/aromatic N) is 1. The number of amides is 1. The van der Waals surface area contributed by atoms with Crippen LogP contribution >= 0.6 is 0 Å². The van der Waals surface area contributed by atoms with Gasteiger partial charge in [0.15, 0.2) is 0 Å². The Bertz CT molecular complexity index is 605.